The molecule has 2 N–H and O–H groups in total. The molecule has 0 radical (unpaired) electrons. The highest BCUT2D eigenvalue weighted by Gasteiger charge is 2.07. The predicted molar refractivity (Wildman–Crippen MR) is 118 cm³/mol. The van der Waals surface area contributed by atoms with Crippen LogP contribution in [0.3, 0.4) is 0 Å². The molecule has 2 aromatic carbocycles. The number of guanidine groups is 1. The number of phenolic OH excluding ortho intramolecular Hbond substituents is 1. The molecule has 0 aromatic heterocycles. The van der Waals surface area contributed by atoms with E-state index in [2.05, 4.69) is 29.3 Å². The van der Waals surface area contributed by atoms with Crippen LogP contribution in [0.5, 0.6) is 11.5 Å². The molecule has 0 heterocycles. The van der Waals surface area contributed by atoms with Crippen molar-refractivity contribution in [2.24, 2.45) is 4.99 Å². The van der Waals surface area contributed by atoms with Crippen molar-refractivity contribution in [1.29, 1.82) is 0 Å². The number of methoxy groups -OCH3 is 1. The van der Waals surface area contributed by atoms with Crippen molar-refractivity contribution in [3.8, 4) is 11.5 Å². The molecule has 5 nitrogen and oxygen atoms in total. The first-order valence-corrected chi connectivity index (χ1v) is 8.53. The number of rotatable bonds is 7. The number of hydrogen-bond acceptors (Lipinski definition) is 3. The number of nitrogens with one attached hydrogen (secondary N) is 1. The van der Waals surface area contributed by atoms with Gasteiger partial charge in [-0.05, 0) is 36.6 Å². The number of phenols is 1. The minimum atomic E-state index is 0. The Hall–Kier alpha value is -1.96. The maximum Gasteiger partial charge on any atom is 0.193 e. The van der Waals surface area contributed by atoms with Gasteiger partial charge in [-0.3, -0.25) is 4.99 Å². The van der Waals surface area contributed by atoms with E-state index < -0.39 is 0 Å². The van der Waals surface area contributed by atoms with Gasteiger partial charge in [-0.25, -0.2) is 0 Å². The highest BCUT2D eigenvalue weighted by atomic mass is 127. The Morgan fingerprint density at radius 1 is 1.15 bits per heavy atom. The fourth-order valence-corrected chi connectivity index (χ4v) is 2.57. The fraction of sp³-hybridized carbons (Fsp3) is 0.350. The molecule has 2 rings (SSSR count). The number of nitrogens with zero attached hydrogens (tertiary/aromatic N) is 2. The maximum atomic E-state index is 9.66. The Morgan fingerprint density at radius 3 is 2.54 bits per heavy atom. The second kappa shape index (κ2) is 11.6. The van der Waals surface area contributed by atoms with Crippen LogP contribution in [-0.2, 0) is 13.0 Å². The van der Waals surface area contributed by atoms with Crippen molar-refractivity contribution in [3.63, 3.8) is 0 Å². The second-order valence-electron chi connectivity index (χ2n) is 5.83. The zero-order chi connectivity index (χ0) is 18.1. The molecule has 142 valence electrons. The summed E-state index contributed by atoms with van der Waals surface area (Å²) in [6, 6.07) is 15.8. The maximum absolute atomic E-state index is 9.66. The Labute approximate surface area is 173 Å². The first kappa shape index (κ1) is 22.1. The first-order chi connectivity index (χ1) is 12.1. The van der Waals surface area contributed by atoms with Crippen molar-refractivity contribution < 1.29 is 9.84 Å². The fourth-order valence-electron chi connectivity index (χ4n) is 2.57. The summed E-state index contributed by atoms with van der Waals surface area (Å²) in [5.41, 5.74) is 2.33. The molecule has 0 saturated carbocycles. The summed E-state index contributed by atoms with van der Waals surface area (Å²) in [5, 5.41) is 13.0. The van der Waals surface area contributed by atoms with Crippen LogP contribution in [0.4, 0.5) is 0 Å². The van der Waals surface area contributed by atoms with Crippen LogP contribution in [0.15, 0.2) is 53.5 Å². The molecular weight excluding hydrogens is 441 g/mol. The summed E-state index contributed by atoms with van der Waals surface area (Å²) >= 11 is 0. The topological polar surface area (TPSA) is 57.1 Å². The summed E-state index contributed by atoms with van der Waals surface area (Å²) in [4.78, 5) is 6.83. The summed E-state index contributed by atoms with van der Waals surface area (Å²) in [6.07, 6.45) is 0.782. The van der Waals surface area contributed by atoms with E-state index in [0.29, 0.717) is 12.3 Å². The molecule has 0 saturated heterocycles. The third-order valence-electron chi connectivity index (χ3n) is 3.87. The van der Waals surface area contributed by atoms with Crippen molar-refractivity contribution in [2.45, 2.75) is 19.9 Å². The molecule has 0 aliphatic carbocycles. The monoisotopic (exact) mass is 469 g/mol. The average Bonchev–Trinajstić information content (AvgIpc) is 2.63. The molecule has 6 heteroatoms. The molecule has 26 heavy (non-hydrogen) atoms. The molecule has 0 fully saturated rings. The average molecular weight is 469 g/mol. The smallest absolute Gasteiger partial charge is 0.193 e. The van der Waals surface area contributed by atoms with Gasteiger partial charge < -0.3 is 20.1 Å². The minimum absolute atomic E-state index is 0. The predicted octanol–water partition coefficient (Wildman–Crippen LogP) is 3.66. The minimum Gasteiger partial charge on any atom is -0.504 e. The van der Waals surface area contributed by atoms with E-state index in [1.807, 2.05) is 37.4 Å². The van der Waals surface area contributed by atoms with Gasteiger partial charge in [-0.2, -0.15) is 0 Å². The number of ether oxygens (including phenoxy) is 1. The number of halogens is 1. The largest absolute Gasteiger partial charge is 0.504 e. The van der Waals surface area contributed by atoms with Crippen LogP contribution < -0.4 is 10.1 Å². The molecule has 0 aliphatic rings. The number of aromatic hydroxyl groups is 1. The Bertz CT molecular complexity index is 693. The van der Waals surface area contributed by atoms with Crippen LogP contribution in [0.1, 0.15) is 18.1 Å². The van der Waals surface area contributed by atoms with E-state index in [0.717, 1.165) is 31.0 Å². The summed E-state index contributed by atoms with van der Waals surface area (Å²) in [5.74, 6) is 1.54. The zero-order valence-corrected chi connectivity index (χ0v) is 17.9. The van der Waals surface area contributed by atoms with E-state index >= 15 is 0 Å². The lowest BCUT2D eigenvalue weighted by Crippen LogP contribution is -2.38. The van der Waals surface area contributed by atoms with Crippen LogP contribution in [-0.4, -0.2) is 43.2 Å². The van der Waals surface area contributed by atoms with Crippen LogP contribution >= 0.6 is 24.0 Å². The van der Waals surface area contributed by atoms with Gasteiger partial charge in [0.15, 0.2) is 17.5 Å². The second-order valence-corrected chi connectivity index (χ2v) is 5.83. The van der Waals surface area contributed by atoms with Crippen LogP contribution in [0, 0.1) is 0 Å². The lowest BCUT2D eigenvalue weighted by Gasteiger charge is -2.22. The van der Waals surface area contributed by atoms with Gasteiger partial charge in [-0.15, -0.1) is 24.0 Å². The molecule has 0 aliphatic heterocycles. The molecule has 0 bridgehead atoms. The van der Waals surface area contributed by atoms with Gasteiger partial charge in [0.25, 0.3) is 0 Å². The highest BCUT2D eigenvalue weighted by molar-refractivity contribution is 14.0. The standard InChI is InChI=1S/C20H27N3O2.HI/c1-4-21-20(23(2)15-17-8-6-5-7-9-17)22-13-12-16-10-11-18(24)19(14-16)25-3;/h5-11,14,24H,4,12-13,15H2,1-3H3,(H,21,22);1H. The Morgan fingerprint density at radius 2 is 1.88 bits per heavy atom. The van der Waals surface area contributed by atoms with E-state index in [1.54, 1.807) is 13.2 Å². The molecule has 0 unspecified atom stereocenters. The molecular formula is C20H28IN3O2. The Balaban J connectivity index is 0.00000338. The van der Waals surface area contributed by atoms with Crippen molar-refractivity contribution in [1.82, 2.24) is 10.2 Å². The van der Waals surface area contributed by atoms with Crippen LogP contribution in [0.2, 0.25) is 0 Å². The van der Waals surface area contributed by atoms with Gasteiger partial charge >= 0.3 is 0 Å². The van der Waals surface area contributed by atoms with Gasteiger partial charge in [-0.1, -0.05) is 36.4 Å². The van der Waals surface area contributed by atoms with Crippen LogP contribution in [0.25, 0.3) is 0 Å². The number of benzene rings is 2. The first-order valence-electron chi connectivity index (χ1n) is 8.53. The van der Waals surface area contributed by atoms with E-state index in [4.69, 9.17) is 9.73 Å². The van der Waals surface area contributed by atoms with E-state index in [9.17, 15) is 5.11 Å². The SMILES string of the molecule is CCNC(=NCCc1ccc(O)c(OC)c1)N(C)Cc1ccccc1.I. The number of hydrogen-bond donors (Lipinski definition) is 2. The molecule has 0 spiro atoms. The van der Waals surface area contributed by atoms with Gasteiger partial charge in [0.2, 0.25) is 0 Å². The van der Waals surface area contributed by atoms with Gasteiger partial charge in [0, 0.05) is 26.7 Å². The molecule has 0 amide bonds. The third-order valence-corrected chi connectivity index (χ3v) is 3.87. The van der Waals surface area contributed by atoms with E-state index in [-0.39, 0.29) is 29.7 Å². The lowest BCUT2D eigenvalue weighted by molar-refractivity contribution is 0.373. The molecule has 0 atom stereocenters. The van der Waals surface area contributed by atoms with Crippen molar-refractivity contribution >= 4 is 29.9 Å². The summed E-state index contributed by atoms with van der Waals surface area (Å²) in [6.45, 7) is 4.36. The third kappa shape index (κ3) is 6.74. The Kier molecular flexibility index (Phi) is 9.87. The summed E-state index contributed by atoms with van der Waals surface area (Å²) < 4.78 is 5.15. The highest BCUT2D eigenvalue weighted by Crippen LogP contribution is 2.26. The lowest BCUT2D eigenvalue weighted by atomic mass is 10.1. The summed E-state index contributed by atoms with van der Waals surface area (Å²) in [7, 11) is 3.59. The van der Waals surface area contributed by atoms with Gasteiger partial charge in [0.05, 0.1) is 7.11 Å². The zero-order valence-electron chi connectivity index (χ0n) is 15.6. The quantitative estimate of drug-likeness (QED) is 0.369. The van der Waals surface area contributed by atoms with Crippen molar-refractivity contribution in [2.75, 3.05) is 27.2 Å². The molecule has 2 aromatic rings. The van der Waals surface area contributed by atoms with Crippen molar-refractivity contribution in [3.05, 3.63) is 59.7 Å². The normalized spacial score (nSPS) is 10.8. The van der Waals surface area contributed by atoms with E-state index in [1.165, 1.54) is 5.56 Å². The number of aliphatic imine (C=N–C) groups is 1. The van der Waals surface area contributed by atoms with Gasteiger partial charge in [0.1, 0.15) is 0 Å².